The Hall–Kier alpha value is -3.53. The van der Waals surface area contributed by atoms with Gasteiger partial charge in [-0.1, -0.05) is 12.1 Å². The van der Waals surface area contributed by atoms with E-state index in [0.717, 1.165) is 5.69 Å². The van der Waals surface area contributed by atoms with Gasteiger partial charge in [0.2, 0.25) is 5.88 Å². The molecule has 3 heterocycles. The Morgan fingerprint density at radius 1 is 1.00 bits per heavy atom. The summed E-state index contributed by atoms with van der Waals surface area (Å²) in [5.41, 5.74) is 4.76. The topological polar surface area (TPSA) is 81.3 Å². The number of ether oxygens (including phenoxy) is 2. The van der Waals surface area contributed by atoms with Crippen molar-refractivity contribution in [1.29, 1.82) is 0 Å². The van der Waals surface area contributed by atoms with Gasteiger partial charge >= 0.3 is 6.36 Å². The van der Waals surface area contributed by atoms with Crippen LogP contribution < -0.4 is 15.0 Å². The van der Waals surface area contributed by atoms with Crippen molar-refractivity contribution in [2.45, 2.75) is 12.5 Å². The number of benzene rings is 1. The highest BCUT2D eigenvalue weighted by molar-refractivity contribution is 5.53. The summed E-state index contributed by atoms with van der Waals surface area (Å²) >= 11 is 0. The van der Waals surface area contributed by atoms with Gasteiger partial charge in [0.1, 0.15) is 17.6 Å². The molecule has 4 rings (SSSR count). The zero-order chi connectivity index (χ0) is 19.6. The first-order valence-electron chi connectivity index (χ1n) is 8.09. The Labute approximate surface area is 156 Å². The molecular weight excluding hydrogens is 377 g/mol. The lowest BCUT2D eigenvalue weighted by molar-refractivity contribution is -0.274. The minimum atomic E-state index is -4.73. The van der Waals surface area contributed by atoms with Gasteiger partial charge < -0.3 is 9.47 Å². The molecule has 0 amide bonds. The van der Waals surface area contributed by atoms with Crippen LogP contribution in [-0.4, -0.2) is 21.5 Å². The minimum Gasteiger partial charge on any atom is -0.438 e. The molecule has 3 aromatic rings. The van der Waals surface area contributed by atoms with Crippen LogP contribution in [0.15, 0.2) is 66.8 Å². The number of rotatable bonds is 5. The van der Waals surface area contributed by atoms with Gasteiger partial charge in [-0.05, 0) is 35.9 Å². The van der Waals surface area contributed by atoms with Gasteiger partial charge in [0, 0.05) is 12.3 Å². The van der Waals surface area contributed by atoms with Gasteiger partial charge in [-0.25, -0.2) is 5.48 Å². The van der Waals surface area contributed by atoms with E-state index in [0.29, 0.717) is 22.9 Å². The summed E-state index contributed by atoms with van der Waals surface area (Å²) < 4.78 is 46.1. The van der Waals surface area contributed by atoms with E-state index in [4.69, 9.17) is 9.57 Å². The quantitative estimate of drug-likeness (QED) is 0.689. The van der Waals surface area contributed by atoms with Crippen molar-refractivity contribution in [3.63, 3.8) is 0 Å². The lowest BCUT2D eigenvalue weighted by Gasteiger charge is -2.11. The summed E-state index contributed by atoms with van der Waals surface area (Å²) in [6, 6.07) is 10.7. The maximum Gasteiger partial charge on any atom is 0.573 e. The molecule has 0 fully saturated rings. The first-order valence-corrected chi connectivity index (χ1v) is 8.09. The molecule has 0 unspecified atom stereocenters. The molecule has 0 bridgehead atoms. The van der Waals surface area contributed by atoms with Crippen molar-refractivity contribution in [1.82, 2.24) is 20.7 Å². The molecule has 1 aliphatic rings. The fraction of sp³-hybridized carbons (Fsp3) is 0.111. The largest absolute Gasteiger partial charge is 0.573 e. The molecule has 2 aromatic heterocycles. The molecule has 0 radical (unpaired) electrons. The molecule has 0 saturated carbocycles. The third-order valence-electron chi connectivity index (χ3n) is 3.77. The predicted molar refractivity (Wildman–Crippen MR) is 90.6 cm³/mol. The third kappa shape index (κ3) is 4.23. The Morgan fingerprint density at radius 3 is 2.43 bits per heavy atom. The molecule has 7 nitrogen and oxygen atoms in total. The van der Waals surface area contributed by atoms with Crippen LogP contribution in [-0.2, 0) is 4.84 Å². The van der Waals surface area contributed by atoms with E-state index in [1.165, 1.54) is 24.3 Å². The van der Waals surface area contributed by atoms with Crippen molar-refractivity contribution in [3.8, 4) is 22.9 Å². The van der Waals surface area contributed by atoms with Crippen molar-refractivity contribution >= 4 is 0 Å². The molecule has 10 heteroatoms. The van der Waals surface area contributed by atoms with Gasteiger partial charge in [-0.15, -0.1) is 13.2 Å². The first kappa shape index (κ1) is 17.9. The van der Waals surface area contributed by atoms with Crippen molar-refractivity contribution in [2.75, 3.05) is 0 Å². The normalized spacial score (nSPS) is 16.4. The standard InChI is InChI=1S/C18H13F3N4O3/c19-18(20,21)27-12-3-1-11(2-4-12)16-9-17(25-28-16)26-13-5-6-14(22-10-13)15-7-8-23-24-15/h1-10,16,25H,(H,23,24)/t16-/m0/s1. The first-order chi connectivity index (χ1) is 13.5. The van der Waals surface area contributed by atoms with Crippen molar-refractivity contribution in [2.24, 2.45) is 0 Å². The summed E-state index contributed by atoms with van der Waals surface area (Å²) in [6.45, 7) is 0. The molecule has 0 aliphatic carbocycles. The number of hydroxylamine groups is 1. The average molecular weight is 390 g/mol. The van der Waals surface area contributed by atoms with Crippen LogP contribution in [0.2, 0.25) is 0 Å². The van der Waals surface area contributed by atoms with Crippen molar-refractivity contribution < 1.29 is 27.5 Å². The molecule has 28 heavy (non-hydrogen) atoms. The molecular formula is C18H13F3N4O3. The van der Waals surface area contributed by atoms with Gasteiger partial charge in [-0.2, -0.15) is 5.10 Å². The molecule has 1 aliphatic heterocycles. The Kier molecular flexibility index (Phi) is 4.62. The number of aromatic amines is 1. The summed E-state index contributed by atoms with van der Waals surface area (Å²) in [6.07, 6.45) is -0.410. The van der Waals surface area contributed by atoms with Crippen LogP contribution in [0.1, 0.15) is 11.7 Å². The summed E-state index contributed by atoms with van der Waals surface area (Å²) in [5.74, 6) is 0.531. The van der Waals surface area contributed by atoms with Gasteiger partial charge in [-0.3, -0.25) is 14.9 Å². The monoisotopic (exact) mass is 390 g/mol. The fourth-order valence-electron chi connectivity index (χ4n) is 2.53. The number of nitrogens with one attached hydrogen (secondary N) is 2. The Balaban J connectivity index is 1.40. The lowest BCUT2D eigenvalue weighted by Crippen LogP contribution is -2.17. The molecule has 1 atom stereocenters. The number of nitrogens with zero attached hydrogens (tertiary/aromatic N) is 2. The lowest BCUT2D eigenvalue weighted by atomic mass is 10.1. The smallest absolute Gasteiger partial charge is 0.438 e. The summed E-state index contributed by atoms with van der Waals surface area (Å²) in [5, 5.41) is 6.69. The van der Waals surface area contributed by atoms with Crippen LogP contribution in [0.4, 0.5) is 13.2 Å². The molecule has 0 spiro atoms. The maximum absolute atomic E-state index is 12.2. The van der Waals surface area contributed by atoms with E-state index >= 15 is 0 Å². The number of halogens is 3. The number of pyridine rings is 1. The average Bonchev–Trinajstić information content (AvgIpc) is 3.34. The molecule has 1 aromatic carbocycles. The highest BCUT2D eigenvalue weighted by atomic mass is 19.4. The van der Waals surface area contributed by atoms with E-state index in [1.54, 1.807) is 36.7 Å². The van der Waals surface area contributed by atoms with E-state index in [2.05, 4.69) is 25.4 Å². The second-order valence-corrected chi connectivity index (χ2v) is 5.74. The second-order valence-electron chi connectivity index (χ2n) is 5.74. The van der Waals surface area contributed by atoms with Gasteiger partial charge in [0.05, 0.1) is 17.6 Å². The van der Waals surface area contributed by atoms with Gasteiger partial charge in [0.15, 0.2) is 0 Å². The number of hydrogen-bond donors (Lipinski definition) is 2. The molecule has 144 valence electrons. The summed E-state index contributed by atoms with van der Waals surface area (Å²) in [7, 11) is 0. The van der Waals surface area contributed by atoms with Crippen LogP contribution >= 0.6 is 0 Å². The molecule has 2 N–H and O–H groups in total. The van der Waals surface area contributed by atoms with Crippen LogP contribution in [0.5, 0.6) is 11.5 Å². The summed E-state index contributed by atoms with van der Waals surface area (Å²) in [4.78, 5) is 9.66. The fourth-order valence-corrected chi connectivity index (χ4v) is 2.53. The maximum atomic E-state index is 12.2. The van der Waals surface area contributed by atoms with Gasteiger partial charge in [0.25, 0.3) is 0 Å². The number of hydrogen-bond acceptors (Lipinski definition) is 6. The van der Waals surface area contributed by atoms with E-state index in [-0.39, 0.29) is 5.75 Å². The number of H-pyrrole nitrogens is 1. The van der Waals surface area contributed by atoms with Crippen LogP contribution in [0.3, 0.4) is 0 Å². The highest BCUT2D eigenvalue weighted by Gasteiger charge is 2.31. The predicted octanol–water partition coefficient (Wildman–Crippen LogP) is 3.87. The van der Waals surface area contributed by atoms with Crippen LogP contribution in [0, 0.1) is 0 Å². The van der Waals surface area contributed by atoms with E-state index in [1.807, 2.05) is 0 Å². The highest BCUT2D eigenvalue weighted by Crippen LogP contribution is 2.29. The Bertz CT molecular complexity index is 955. The number of alkyl halides is 3. The van der Waals surface area contributed by atoms with Crippen LogP contribution in [0.25, 0.3) is 11.4 Å². The third-order valence-corrected chi connectivity index (χ3v) is 3.77. The minimum absolute atomic E-state index is 0.300. The Morgan fingerprint density at radius 2 is 1.79 bits per heavy atom. The number of aromatic nitrogens is 3. The SMILES string of the molecule is FC(F)(F)Oc1ccc([C@@H]2C=C(Oc3ccc(-c4ccn[nH]4)nc3)NO2)cc1. The second kappa shape index (κ2) is 7.24. The van der Waals surface area contributed by atoms with Crippen molar-refractivity contribution in [3.05, 3.63) is 72.4 Å². The zero-order valence-corrected chi connectivity index (χ0v) is 14.1. The van der Waals surface area contributed by atoms with E-state index in [9.17, 15) is 13.2 Å². The zero-order valence-electron chi connectivity index (χ0n) is 14.1. The molecule has 0 saturated heterocycles. The van der Waals surface area contributed by atoms with E-state index < -0.39 is 12.5 Å².